The lowest BCUT2D eigenvalue weighted by Crippen LogP contribution is -2.06. The van der Waals surface area contributed by atoms with Gasteiger partial charge in [0.25, 0.3) is 0 Å². The minimum atomic E-state index is 0.273. The highest BCUT2D eigenvalue weighted by Crippen LogP contribution is 2.58. The summed E-state index contributed by atoms with van der Waals surface area (Å²) in [6.07, 6.45) is 3.75. The lowest BCUT2D eigenvalue weighted by molar-refractivity contribution is 0.0951. The number of hydrogen-bond donors (Lipinski definition) is 0. The van der Waals surface area contributed by atoms with Crippen LogP contribution in [-0.2, 0) is 0 Å². The normalized spacial score (nSPS) is 29.9. The minimum Gasteiger partial charge on any atom is -0.495 e. The van der Waals surface area contributed by atoms with Gasteiger partial charge >= 0.3 is 0 Å². The Kier molecular flexibility index (Phi) is 2.62. The molecule has 2 saturated carbocycles. The first-order valence-corrected chi connectivity index (χ1v) is 6.48. The molecule has 0 aliphatic heterocycles. The van der Waals surface area contributed by atoms with Gasteiger partial charge in [-0.1, -0.05) is 18.0 Å². The first-order chi connectivity index (χ1) is 8.22. The topological polar surface area (TPSA) is 26.3 Å². The van der Waals surface area contributed by atoms with Crippen LogP contribution in [0.4, 0.5) is 0 Å². The molecule has 1 aromatic carbocycles. The van der Waals surface area contributed by atoms with E-state index >= 15 is 0 Å². The van der Waals surface area contributed by atoms with Gasteiger partial charge in [-0.25, -0.2) is 0 Å². The Morgan fingerprint density at radius 2 is 2.06 bits per heavy atom. The van der Waals surface area contributed by atoms with Gasteiger partial charge in [0.2, 0.25) is 0 Å². The van der Waals surface area contributed by atoms with E-state index in [9.17, 15) is 4.79 Å². The maximum absolute atomic E-state index is 12.3. The largest absolute Gasteiger partial charge is 0.495 e. The second-order valence-electron chi connectivity index (χ2n) is 5.00. The molecule has 3 heteroatoms. The first kappa shape index (κ1) is 11.1. The van der Waals surface area contributed by atoms with Gasteiger partial charge in [0.1, 0.15) is 5.75 Å². The molecule has 0 saturated heterocycles. The number of methoxy groups -OCH3 is 1. The van der Waals surface area contributed by atoms with Crippen molar-refractivity contribution in [1.29, 1.82) is 0 Å². The molecule has 0 amide bonds. The molecule has 2 fully saturated rings. The van der Waals surface area contributed by atoms with Crippen LogP contribution >= 0.6 is 11.6 Å². The molecule has 1 aromatic rings. The van der Waals surface area contributed by atoms with Gasteiger partial charge in [0, 0.05) is 11.5 Å². The summed E-state index contributed by atoms with van der Waals surface area (Å²) in [6, 6.07) is 5.31. The predicted molar refractivity (Wildman–Crippen MR) is 66.7 cm³/mol. The Bertz CT molecular complexity index is 459. The van der Waals surface area contributed by atoms with Crippen molar-refractivity contribution in [2.24, 2.45) is 17.8 Å². The fraction of sp³-hybridized carbons (Fsp3) is 0.500. The molecule has 2 atom stereocenters. The van der Waals surface area contributed by atoms with E-state index in [4.69, 9.17) is 16.3 Å². The van der Waals surface area contributed by atoms with E-state index in [-0.39, 0.29) is 11.7 Å². The van der Waals surface area contributed by atoms with Crippen LogP contribution in [0, 0.1) is 17.8 Å². The van der Waals surface area contributed by atoms with Gasteiger partial charge < -0.3 is 4.74 Å². The Balaban J connectivity index is 1.82. The number of carbonyl (C=O) groups is 1. The molecule has 0 bridgehead atoms. The van der Waals surface area contributed by atoms with Crippen LogP contribution in [0.3, 0.4) is 0 Å². The van der Waals surface area contributed by atoms with Crippen molar-refractivity contribution in [2.75, 3.05) is 7.11 Å². The Morgan fingerprint density at radius 1 is 1.35 bits per heavy atom. The smallest absolute Gasteiger partial charge is 0.166 e. The molecule has 2 aliphatic carbocycles. The van der Waals surface area contributed by atoms with Crippen molar-refractivity contribution in [2.45, 2.75) is 19.3 Å². The Labute approximate surface area is 106 Å². The maximum atomic E-state index is 12.3. The van der Waals surface area contributed by atoms with Crippen LogP contribution < -0.4 is 4.74 Å². The highest BCUT2D eigenvalue weighted by Gasteiger charge is 2.56. The molecule has 2 aliphatic rings. The standard InChI is InChI=1S/C14H15ClO2/c1-17-12-7-8(5-6-11(12)15)14(16)13-9-3-2-4-10(9)13/h5-7,9-10,13H,2-4H2,1H3. The second kappa shape index (κ2) is 4.02. The van der Waals surface area contributed by atoms with E-state index < -0.39 is 0 Å². The summed E-state index contributed by atoms with van der Waals surface area (Å²) in [5.74, 6) is 2.45. The third-order valence-electron chi connectivity index (χ3n) is 4.14. The monoisotopic (exact) mass is 250 g/mol. The molecular weight excluding hydrogens is 236 g/mol. The average molecular weight is 251 g/mol. The fourth-order valence-electron chi connectivity index (χ4n) is 3.22. The zero-order valence-electron chi connectivity index (χ0n) is 9.78. The molecule has 0 spiro atoms. The highest BCUT2D eigenvalue weighted by molar-refractivity contribution is 6.32. The van der Waals surface area contributed by atoms with Crippen molar-refractivity contribution in [1.82, 2.24) is 0 Å². The molecule has 0 N–H and O–H groups in total. The van der Waals surface area contributed by atoms with E-state index in [1.54, 1.807) is 25.3 Å². The lowest BCUT2D eigenvalue weighted by Gasteiger charge is -2.07. The molecule has 90 valence electrons. The van der Waals surface area contributed by atoms with E-state index in [0.29, 0.717) is 22.6 Å². The molecule has 2 unspecified atom stereocenters. The summed E-state index contributed by atoms with van der Waals surface area (Å²) in [7, 11) is 1.57. The van der Waals surface area contributed by atoms with E-state index in [1.165, 1.54) is 19.3 Å². The van der Waals surface area contributed by atoms with Crippen LogP contribution in [0.1, 0.15) is 29.6 Å². The molecule has 17 heavy (non-hydrogen) atoms. The first-order valence-electron chi connectivity index (χ1n) is 6.10. The van der Waals surface area contributed by atoms with Gasteiger partial charge in [-0.05, 0) is 42.9 Å². The second-order valence-corrected chi connectivity index (χ2v) is 5.41. The zero-order valence-corrected chi connectivity index (χ0v) is 10.5. The maximum Gasteiger partial charge on any atom is 0.166 e. The third-order valence-corrected chi connectivity index (χ3v) is 4.46. The van der Waals surface area contributed by atoms with Crippen LogP contribution in [-0.4, -0.2) is 12.9 Å². The van der Waals surface area contributed by atoms with Crippen LogP contribution in [0.25, 0.3) is 0 Å². The molecule has 0 heterocycles. The number of benzene rings is 1. The van der Waals surface area contributed by atoms with Crippen LogP contribution in [0.2, 0.25) is 5.02 Å². The van der Waals surface area contributed by atoms with Gasteiger partial charge in [-0.15, -0.1) is 0 Å². The summed E-state index contributed by atoms with van der Waals surface area (Å²) in [5, 5.41) is 0.556. The number of ether oxygens (including phenoxy) is 1. The summed E-state index contributed by atoms with van der Waals surface area (Å²) in [4.78, 5) is 12.3. The number of hydrogen-bond acceptors (Lipinski definition) is 2. The summed E-state index contributed by atoms with van der Waals surface area (Å²) in [5.41, 5.74) is 0.741. The fourth-order valence-corrected chi connectivity index (χ4v) is 3.41. The third kappa shape index (κ3) is 1.75. The SMILES string of the molecule is COc1cc(C(=O)C2C3CCCC32)ccc1Cl. The summed E-state index contributed by atoms with van der Waals surface area (Å²) >= 11 is 5.96. The minimum absolute atomic E-state index is 0.273. The molecule has 3 rings (SSSR count). The number of Topliss-reactive ketones (excluding diaryl/α,β-unsaturated/α-hetero) is 1. The average Bonchev–Trinajstić information content (AvgIpc) is 2.82. The van der Waals surface area contributed by atoms with Gasteiger partial charge in [0.05, 0.1) is 12.1 Å². The van der Waals surface area contributed by atoms with E-state index in [1.807, 2.05) is 0 Å². The highest BCUT2D eigenvalue weighted by atomic mass is 35.5. The van der Waals surface area contributed by atoms with Gasteiger partial charge in [0.15, 0.2) is 5.78 Å². The summed E-state index contributed by atoms with van der Waals surface area (Å²) < 4.78 is 5.15. The number of rotatable bonds is 3. The molecular formula is C14H15ClO2. The number of fused-ring (bicyclic) bond motifs is 1. The van der Waals surface area contributed by atoms with Crippen molar-refractivity contribution < 1.29 is 9.53 Å². The van der Waals surface area contributed by atoms with Gasteiger partial charge in [-0.2, -0.15) is 0 Å². The van der Waals surface area contributed by atoms with Gasteiger partial charge in [-0.3, -0.25) is 4.79 Å². The van der Waals surface area contributed by atoms with E-state index in [2.05, 4.69) is 0 Å². The number of halogens is 1. The van der Waals surface area contributed by atoms with Crippen molar-refractivity contribution in [3.8, 4) is 5.75 Å². The number of ketones is 1. The zero-order chi connectivity index (χ0) is 12.0. The van der Waals surface area contributed by atoms with Crippen LogP contribution in [0.5, 0.6) is 5.75 Å². The lowest BCUT2D eigenvalue weighted by atomic mass is 10.0. The van der Waals surface area contributed by atoms with Crippen LogP contribution in [0.15, 0.2) is 18.2 Å². The molecule has 2 nitrogen and oxygen atoms in total. The van der Waals surface area contributed by atoms with Crippen molar-refractivity contribution in [3.05, 3.63) is 28.8 Å². The Hall–Kier alpha value is -1.02. The summed E-state index contributed by atoms with van der Waals surface area (Å²) in [6.45, 7) is 0. The molecule has 0 radical (unpaired) electrons. The molecule has 0 aromatic heterocycles. The van der Waals surface area contributed by atoms with E-state index in [0.717, 1.165) is 5.56 Å². The Morgan fingerprint density at radius 3 is 2.71 bits per heavy atom. The predicted octanol–water partition coefficient (Wildman–Crippen LogP) is 3.58. The quantitative estimate of drug-likeness (QED) is 0.767. The van der Waals surface area contributed by atoms with Crippen molar-refractivity contribution >= 4 is 17.4 Å². The number of carbonyl (C=O) groups excluding carboxylic acids is 1. The van der Waals surface area contributed by atoms with Crippen molar-refractivity contribution in [3.63, 3.8) is 0 Å².